The molecular weight excluding hydrogens is 402 g/mol. The van der Waals surface area contributed by atoms with E-state index in [0.717, 1.165) is 57.0 Å². The molecule has 3 N–H and O–H groups in total. The number of amides is 1. The van der Waals surface area contributed by atoms with Crippen molar-refractivity contribution in [1.82, 2.24) is 25.8 Å². The lowest BCUT2D eigenvalue weighted by molar-refractivity contribution is -0.130. The number of rotatable bonds is 7. The van der Waals surface area contributed by atoms with Crippen molar-refractivity contribution in [2.45, 2.75) is 83.1 Å². The third-order valence-electron chi connectivity index (χ3n) is 8.81. The van der Waals surface area contributed by atoms with E-state index in [-0.39, 0.29) is 12.2 Å². The molecule has 32 heavy (non-hydrogen) atoms. The summed E-state index contributed by atoms with van der Waals surface area (Å²) in [5, 5.41) is 11.3. The van der Waals surface area contributed by atoms with Crippen molar-refractivity contribution in [2.75, 3.05) is 52.9 Å². The van der Waals surface area contributed by atoms with E-state index in [9.17, 15) is 4.79 Å². The van der Waals surface area contributed by atoms with Crippen molar-refractivity contribution in [3.63, 3.8) is 0 Å². The molecule has 4 rings (SSSR count). The summed E-state index contributed by atoms with van der Waals surface area (Å²) in [4.78, 5) is 16.0. The van der Waals surface area contributed by atoms with Gasteiger partial charge in [-0.15, -0.1) is 0 Å². The lowest BCUT2D eigenvalue weighted by atomic mass is 9.78. The van der Waals surface area contributed by atoms with Gasteiger partial charge >= 0.3 is 0 Å². The third-order valence-corrected chi connectivity index (χ3v) is 8.81. The van der Waals surface area contributed by atoms with Gasteiger partial charge in [0.1, 0.15) is 6.29 Å². The van der Waals surface area contributed by atoms with E-state index in [2.05, 4.69) is 20.9 Å². The fraction of sp³-hybridized carbons (Fsp3) is 0.960. The van der Waals surface area contributed by atoms with Crippen LogP contribution in [0.15, 0.2) is 0 Å². The number of hydrogen-bond acceptors (Lipinski definition) is 6. The zero-order valence-corrected chi connectivity index (χ0v) is 20.5. The van der Waals surface area contributed by atoms with E-state index in [1.54, 1.807) is 6.92 Å². The molecule has 7 heteroatoms. The number of nitrogens with zero attached hydrogens (tertiary/aromatic N) is 2. The van der Waals surface area contributed by atoms with Crippen molar-refractivity contribution in [1.29, 1.82) is 0 Å². The van der Waals surface area contributed by atoms with E-state index < -0.39 is 0 Å². The average Bonchev–Trinajstić information content (AvgIpc) is 2.84. The minimum absolute atomic E-state index is 0.224. The maximum absolute atomic E-state index is 11.5. The highest BCUT2D eigenvalue weighted by Crippen LogP contribution is 2.32. The van der Waals surface area contributed by atoms with Gasteiger partial charge in [0.2, 0.25) is 5.91 Å². The minimum atomic E-state index is 0.224. The first-order valence-corrected chi connectivity index (χ1v) is 13.3. The molecule has 0 bridgehead atoms. The predicted octanol–water partition coefficient (Wildman–Crippen LogP) is 1.99. The normalized spacial score (nSPS) is 37.4. The predicted molar refractivity (Wildman–Crippen MR) is 128 cm³/mol. The molecular formula is C25H47N5O2. The van der Waals surface area contributed by atoms with Crippen LogP contribution in [-0.2, 0) is 9.53 Å². The zero-order valence-electron chi connectivity index (χ0n) is 20.5. The van der Waals surface area contributed by atoms with Gasteiger partial charge in [-0.25, -0.2) is 0 Å². The molecule has 2 saturated heterocycles. The maximum Gasteiger partial charge on any atom is 0.219 e. The average molecular weight is 450 g/mol. The fourth-order valence-electron chi connectivity index (χ4n) is 6.43. The van der Waals surface area contributed by atoms with Gasteiger partial charge < -0.3 is 9.64 Å². The first kappa shape index (κ1) is 24.4. The molecule has 4 aliphatic rings. The van der Waals surface area contributed by atoms with Crippen LogP contribution in [0.2, 0.25) is 0 Å². The van der Waals surface area contributed by atoms with Crippen molar-refractivity contribution in [2.24, 2.45) is 17.8 Å². The van der Waals surface area contributed by atoms with Crippen molar-refractivity contribution >= 4 is 5.91 Å². The second kappa shape index (κ2) is 12.1. The number of methoxy groups -OCH3 is 1. The molecule has 0 radical (unpaired) electrons. The number of ether oxygens (including phenoxy) is 1. The molecule has 0 unspecified atom stereocenters. The van der Waals surface area contributed by atoms with Crippen molar-refractivity contribution in [3.8, 4) is 0 Å². The minimum Gasteiger partial charge on any atom is -0.381 e. The van der Waals surface area contributed by atoms with Crippen LogP contribution in [0.5, 0.6) is 0 Å². The first-order chi connectivity index (χ1) is 15.6. The Labute approximate surface area is 195 Å². The number of nitrogens with one attached hydrogen (secondary N) is 3. The zero-order chi connectivity index (χ0) is 22.3. The number of carbonyl (C=O) groups excluding carboxylic acids is 1. The largest absolute Gasteiger partial charge is 0.381 e. The quantitative estimate of drug-likeness (QED) is 0.552. The topological polar surface area (TPSA) is 68.9 Å². The van der Waals surface area contributed by atoms with Gasteiger partial charge in [0.15, 0.2) is 0 Å². The highest BCUT2D eigenvalue weighted by molar-refractivity contribution is 5.73. The molecule has 0 aromatic carbocycles. The molecule has 0 spiro atoms. The summed E-state index contributed by atoms with van der Waals surface area (Å²) < 4.78 is 5.54. The van der Waals surface area contributed by atoms with Crippen LogP contribution in [0.4, 0.5) is 0 Å². The van der Waals surface area contributed by atoms with Crippen LogP contribution >= 0.6 is 0 Å². The number of carbonyl (C=O) groups is 1. The van der Waals surface area contributed by atoms with Crippen LogP contribution in [0.3, 0.4) is 0 Å². The standard InChI is InChI=1S/C25H47N5O2/c1-19(31)30-15-13-29(14-16-30)12-11-20-3-7-23(8-4-20)28-25-26-17-22(18-27-25)21-5-9-24(32-2)10-6-21/h20-28H,3-18H2,1-2H3. The van der Waals surface area contributed by atoms with E-state index in [0.29, 0.717) is 12.1 Å². The van der Waals surface area contributed by atoms with E-state index in [1.807, 2.05) is 12.0 Å². The van der Waals surface area contributed by atoms with E-state index in [1.165, 1.54) is 64.3 Å². The third kappa shape index (κ3) is 6.89. The second-order valence-electron chi connectivity index (χ2n) is 10.8. The molecule has 7 nitrogen and oxygen atoms in total. The monoisotopic (exact) mass is 449 g/mol. The van der Waals surface area contributed by atoms with Gasteiger partial charge in [-0.2, -0.15) is 0 Å². The molecule has 2 aliphatic heterocycles. The number of piperazine rings is 1. The Bertz CT molecular complexity index is 559. The van der Waals surface area contributed by atoms with Gasteiger partial charge in [0, 0.05) is 59.3 Å². The van der Waals surface area contributed by atoms with Crippen molar-refractivity contribution in [3.05, 3.63) is 0 Å². The summed E-state index contributed by atoms with van der Waals surface area (Å²) in [7, 11) is 1.86. The molecule has 184 valence electrons. The Hall–Kier alpha value is -0.730. The van der Waals surface area contributed by atoms with Crippen molar-refractivity contribution < 1.29 is 9.53 Å². The van der Waals surface area contributed by atoms with E-state index >= 15 is 0 Å². The van der Waals surface area contributed by atoms with Gasteiger partial charge in [-0.05, 0) is 82.1 Å². The highest BCUT2D eigenvalue weighted by Gasteiger charge is 2.31. The molecule has 2 heterocycles. The molecule has 2 aliphatic carbocycles. The van der Waals surface area contributed by atoms with Crippen LogP contribution in [-0.4, -0.2) is 87.1 Å². The SMILES string of the molecule is COC1CCC(C2CNC(NC3CCC(CCN4CCN(C(C)=O)CC4)CC3)NC2)CC1. The summed E-state index contributed by atoms with van der Waals surface area (Å²) in [6.07, 6.45) is 12.5. The lowest BCUT2D eigenvalue weighted by Gasteiger charge is -2.40. The summed E-state index contributed by atoms with van der Waals surface area (Å²) >= 11 is 0. The molecule has 0 atom stereocenters. The van der Waals surface area contributed by atoms with Gasteiger partial charge in [-0.3, -0.25) is 25.6 Å². The van der Waals surface area contributed by atoms with Gasteiger partial charge in [0.25, 0.3) is 0 Å². The maximum atomic E-state index is 11.5. The first-order valence-electron chi connectivity index (χ1n) is 13.3. The smallest absolute Gasteiger partial charge is 0.219 e. The molecule has 4 fully saturated rings. The van der Waals surface area contributed by atoms with Crippen LogP contribution in [0.1, 0.15) is 64.7 Å². The van der Waals surface area contributed by atoms with Gasteiger partial charge in [-0.1, -0.05) is 0 Å². The highest BCUT2D eigenvalue weighted by atomic mass is 16.5. The lowest BCUT2D eigenvalue weighted by Crippen LogP contribution is -2.63. The Morgan fingerprint density at radius 1 is 0.906 bits per heavy atom. The molecule has 1 amide bonds. The molecule has 0 aromatic heterocycles. The summed E-state index contributed by atoms with van der Waals surface area (Å²) in [6.45, 7) is 9.07. The Morgan fingerprint density at radius 3 is 2.16 bits per heavy atom. The molecule has 2 saturated carbocycles. The Morgan fingerprint density at radius 2 is 1.56 bits per heavy atom. The van der Waals surface area contributed by atoms with Crippen LogP contribution in [0, 0.1) is 17.8 Å². The second-order valence-corrected chi connectivity index (χ2v) is 10.8. The summed E-state index contributed by atoms with van der Waals surface area (Å²) in [6, 6.07) is 0.643. The van der Waals surface area contributed by atoms with Crippen LogP contribution < -0.4 is 16.0 Å². The summed E-state index contributed by atoms with van der Waals surface area (Å²) in [5.74, 6) is 2.71. The van der Waals surface area contributed by atoms with Gasteiger partial charge in [0.05, 0.1) is 6.10 Å². The summed E-state index contributed by atoms with van der Waals surface area (Å²) in [5.41, 5.74) is 0. The Kier molecular flexibility index (Phi) is 9.23. The van der Waals surface area contributed by atoms with E-state index in [4.69, 9.17) is 4.74 Å². The molecule has 0 aromatic rings. The number of hydrogen-bond donors (Lipinski definition) is 3. The fourth-order valence-corrected chi connectivity index (χ4v) is 6.43. The van der Waals surface area contributed by atoms with Crippen LogP contribution in [0.25, 0.3) is 0 Å². The Balaban J connectivity index is 1.06.